The number of benzene rings is 3. The van der Waals surface area contributed by atoms with Gasteiger partial charge in [-0.1, -0.05) is 49.4 Å². The van der Waals surface area contributed by atoms with Gasteiger partial charge in [-0.05, 0) is 60.4 Å². The van der Waals surface area contributed by atoms with Gasteiger partial charge in [-0.2, -0.15) is 0 Å². The van der Waals surface area contributed by atoms with Crippen LogP contribution in [0.1, 0.15) is 42.5 Å². The summed E-state index contributed by atoms with van der Waals surface area (Å²) in [6, 6.07) is 23.5. The number of morpholine rings is 1. The molecule has 3 aromatic carbocycles. The Morgan fingerprint density at radius 3 is 2.24 bits per heavy atom. The largest absolute Gasteiger partial charge is 0.507 e. The zero-order valence-electron chi connectivity index (χ0n) is 24.0. The highest BCUT2D eigenvalue weighted by atomic mass is 16.5. The summed E-state index contributed by atoms with van der Waals surface area (Å²) in [5, 5.41) is 11.4. The van der Waals surface area contributed by atoms with Crippen LogP contribution in [0.2, 0.25) is 0 Å². The molecule has 0 spiro atoms. The molecule has 0 saturated carbocycles. The molecule has 0 radical (unpaired) electrons. The number of hydrogen-bond acceptors (Lipinski definition) is 7. The van der Waals surface area contributed by atoms with Crippen molar-refractivity contribution in [3.63, 3.8) is 0 Å². The summed E-state index contributed by atoms with van der Waals surface area (Å²) in [6.45, 7) is 7.34. The van der Waals surface area contributed by atoms with E-state index in [1.54, 1.807) is 29.2 Å². The Balaban J connectivity index is 1.40. The van der Waals surface area contributed by atoms with Crippen LogP contribution in [0.3, 0.4) is 0 Å². The molecule has 2 heterocycles. The number of aliphatic hydroxyl groups is 1. The lowest BCUT2D eigenvalue weighted by Crippen LogP contribution is -2.38. The number of rotatable bonds is 12. The van der Waals surface area contributed by atoms with Crippen LogP contribution in [-0.2, 0) is 20.9 Å². The van der Waals surface area contributed by atoms with Gasteiger partial charge in [-0.3, -0.25) is 14.5 Å². The predicted molar refractivity (Wildman–Crippen MR) is 160 cm³/mol. The number of Topliss-reactive ketones (excluding diaryl/α,β-unsaturated/α-hetero) is 1. The van der Waals surface area contributed by atoms with Crippen LogP contribution in [0.5, 0.6) is 11.5 Å². The Kier molecular flexibility index (Phi) is 9.90. The maximum absolute atomic E-state index is 13.4. The topological polar surface area (TPSA) is 88.5 Å². The Hall–Kier alpha value is -4.14. The third-order valence-corrected chi connectivity index (χ3v) is 7.56. The first-order chi connectivity index (χ1) is 20.5. The molecule has 8 nitrogen and oxygen atoms in total. The zero-order chi connectivity index (χ0) is 29.3. The molecular weight excluding hydrogens is 532 g/mol. The number of hydrogen-bond donors (Lipinski definition) is 1. The standard InChI is InChI=1S/C34H38N2O6/c1-2-21-41-28-15-11-27(12-16-28)32(37)30-31(26-9-13-29(14-10-26)42-24-25-7-4-3-5-8-25)36(34(39)33(30)38)18-6-17-35-19-22-40-23-20-35/h3-5,7-16,31,37H,2,6,17-24H2,1H3. The highest BCUT2D eigenvalue weighted by Crippen LogP contribution is 2.40. The lowest BCUT2D eigenvalue weighted by Gasteiger charge is -2.29. The molecule has 1 unspecified atom stereocenters. The first kappa shape index (κ1) is 29.4. The molecule has 0 aliphatic carbocycles. The number of carbonyl (C=O) groups is 2. The van der Waals surface area contributed by atoms with E-state index in [1.807, 2.05) is 61.5 Å². The van der Waals surface area contributed by atoms with E-state index in [0.717, 1.165) is 37.2 Å². The highest BCUT2D eigenvalue weighted by Gasteiger charge is 2.45. The van der Waals surface area contributed by atoms with Gasteiger partial charge in [0.15, 0.2) is 0 Å². The fraction of sp³-hybridized carbons (Fsp3) is 0.353. The normalized spacial score (nSPS) is 18.8. The molecule has 1 atom stereocenters. The molecule has 42 heavy (non-hydrogen) atoms. The Morgan fingerprint density at radius 2 is 1.55 bits per heavy atom. The van der Waals surface area contributed by atoms with E-state index in [9.17, 15) is 14.7 Å². The number of ether oxygens (including phenoxy) is 3. The maximum Gasteiger partial charge on any atom is 0.295 e. The van der Waals surface area contributed by atoms with Crippen molar-refractivity contribution >= 4 is 17.4 Å². The number of ketones is 1. The average Bonchev–Trinajstić information content (AvgIpc) is 3.29. The molecule has 3 aromatic rings. The Labute approximate surface area is 247 Å². The van der Waals surface area contributed by atoms with Crippen LogP contribution in [0.25, 0.3) is 5.76 Å². The fourth-order valence-corrected chi connectivity index (χ4v) is 5.32. The summed E-state index contributed by atoms with van der Waals surface area (Å²) in [6.07, 6.45) is 1.58. The van der Waals surface area contributed by atoms with Crippen molar-refractivity contribution in [2.75, 3.05) is 46.0 Å². The van der Waals surface area contributed by atoms with Crippen LogP contribution in [0.4, 0.5) is 0 Å². The lowest BCUT2D eigenvalue weighted by atomic mass is 9.95. The molecule has 2 saturated heterocycles. The van der Waals surface area contributed by atoms with Gasteiger partial charge in [0.05, 0.1) is 31.4 Å². The zero-order valence-corrected chi connectivity index (χ0v) is 24.0. The number of nitrogens with zero attached hydrogens (tertiary/aromatic N) is 2. The van der Waals surface area contributed by atoms with Gasteiger partial charge in [0, 0.05) is 31.7 Å². The van der Waals surface area contributed by atoms with Gasteiger partial charge in [0.2, 0.25) is 0 Å². The quantitative estimate of drug-likeness (QED) is 0.182. The van der Waals surface area contributed by atoms with E-state index in [4.69, 9.17) is 14.2 Å². The van der Waals surface area contributed by atoms with Crippen LogP contribution < -0.4 is 9.47 Å². The fourth-order valence-electron chi connectivity index (χ4n) is 5.32. The van der Waals surface area contributed by atoms with Gasteiger partial charge < -0.3 is 24.2 Å². The summed E-state index contributed by atoms with van der Waals surface area (Å²) in [5.74, 6) is -0.120. The van der Waals surface area contributed by atoms with E-state index < -0.39 is 17.7 Å². The predicted octanol–water partition coefficient (Wildman–Crippen LogP) is 5.20. The summed E-state index contributed by atoms with van der Waals surface area (Å²) >= 11 is 0. The first-order valence-corrected chi connectivity index (χ1v) is 14.6. The summed E-state index contributed by atoms with van der Waals surface area (Å²) < 4.78 is 17.1. The van der Waals surface area contributed by atoms with Crippen molar-refractivity contribution in [3.05, 3.63) is 101 Å². The van der Waals surface area contributed by atoms with E-state index in [0.29, 0.717) is 56.5 Å². The monoisotopic (exact) mass is 570 g/mol. The second kappa shape index (κ2) is 14.2. The minimum Gasteiger partial charge on any atom is -0.507 e. The van der Waals surface area contributed by atoms with Crippen molar-refractivity contribution in [1.29, 1.82) is 0 Å². The second-order valence-electron chi connectivity index (χ2n) is 10.5. The van der Waals surface area contributed by atoms with Crippen LogP contribution in [-0.4, -0.2) is 72.6 Å². The molecule has 1 amide bonds. The maximum atomic E-state index is 13.4. The molecule has 8 heteroatoms. The van der Waals surface area contributed by atoms with Crippen LogP contribution in [0, 0.1) is 0 Å². The highest BCUT2D eigenvalue weighted by molar-refractivity contribution is 6.46. The van der Waals surface area contributed by atoms with Crippen molar-refractivity contribution in [2.45, 2.75) is 32.4 Å². The Morgan fingerprint density at radius 1 is 0.881 bits per heavy atom. The van der Waals surface area contributed by atoms with Crippen molar-refractivity contribution < 1.29 is 28.9 Å². The van der Waals surface area contributed by atoms with Crippen molar-refractivity contribution in [2.24, 2.45) is 0 Å². The lowest BCUT2D eigenvalue weighted by molar-refractivity contribution is -0.140. The first-order valence-electron chi connectivity index (χ1n) is 14.6. The minimum absolute atomic E-state index is 0.0894. The molecule has 0 bridgehead atoms. The summed E-state index contributed by atoms with van der Waals surface area (Å²) in [7, 11) is 0. The van der Waals surface area contributed by atoms with E-state index in [1.165, 1.54) is 0 Å². The van der Waals surface area contributed by atoms with Gasteiger partial charge in [0.1, 0.15) is 23.9 Å². The molecule has 0 aromatic heterocycles. The third-order valence-electron chi connectivity index (χ3n) is 7.56. The second-order valence-corrected chi connectivity index (χ2v) is 10.5. The molecule has 2 aliphatic rings. The number of amides is 1. The van der Waals surface area contributed by atoms with Gasteiger partial charge in [-0.15, -0.1) is 0 Å². The smallest absolute Gasteiger partial charge is 0.295 e. The van der Waals surface area contributed by atoms with E-state index in [-0.39, 0.29) is 11.3 Å². The molecule has 1 N–H and O–H groups in total. The van der Waals surface area contributed by atoms with E-state index >= 15 is 0 Å². The molecule has 5 rings (SSSR count). The SMILES string of the molecule is CCCOc1ccc(C(O)=C2C(=O)C(=O)N(CCCN3CCOCC3)C2c2ccc(OCc3ccccc3)cc2)cc1. The molecule has 220 valence electrons. The van der Waals surface area contributed by atoms with Crippen LogP contribution in [0.15, 0.2) is 84.4 Å². The minimum atomic E-state index is -0.714. The van der Waals surface area contributed by atoms with E-state index in [2.05, 4.69) is 4.90 Å². The number of carbonyl (C=O) groups excluding carboxylic acids is 2. The average molecular weight is 571 g/mol. The number of aliphatic hydroxyl groups excluding tert-OH is 1. The van der Waals surface area contributed by atoms with Crippen LogP contribution >= 0.6 is 0 Å². The molecule has 2 aliphatic heterocycles. The summed E-state index contributed by atoms with van der Waals surface area (Å²) in [5.41, 5.74) is 2.34. The Bertz CT molecular complexity index is 1370. The third kappa shape index (κ3) is 7.01. The molecular formula is C34H38N2O6. The van der Waals surface area contributed by atoms with Gasteiger partial charge in [-0.25, -0.2) is 0 Å². The number of likely N-dealkylation sites (tertiary alicyclic amines) is 1. The summed E-state index contributed by atoms with van der Waals surface area (Å²) in [4.78, 5) is 30.7. The van der Waals surface area contributed by atoms with Crippen molar-refractivity contribution in [1.82, 2.24) is 9.80 Å². The molecule has 2 fully saturated rings. The van der Waals surface area contributed by atoms with Crippen molar-refractivity contribution in [3.8, 4) is 11.5 Å². The van der Waals surface area contributed by atoms with Gasteiger partial charge in [0.25, 0.3) is 11.7 Å². The van der Waals surface area contributed by atoms with Gasteiger partial charge >= 0.3 is 0 Å².